The van der Waals surface area contributed by atoms with E-state index in [1.807, 2.05) is 36.5 Å². The van der Waals surface area contributed by atoms with Gasteiger partial charge in [0.2, 0.25) is 0 Å². The highest BCUT2D eigenvalue weighted by Gasteiger charge is 2.35. The van der Waals surface area contributed by atoms with Crippen LogP contribution in [0.1, 0.15) is 26.9 Å². The van der Waals surface area contributed by atoms with Crippen LogP contribution in [0.5, 0.6) is 5.75 Å². The molecular weight excluding hydrogens is 376 g/mol. The number of aryl methyl sites for hydroxylation is 1. The van der Waals surface area contributed by atoms with Crippen molar-refractivity contribution in [3.8, 4) is 5.75 Å². The summed E-state index contributed by atoms with van der Waals surface area (Å²) in [6.45, 7) is 3.42. The molecule has 3 heterocycles. The van der Waals surface area contributed by atoms with E-state index in [2.05, 4.69) is 34.3 Å². The van der Waals surface area contributed by atoms with E-state index in [-0.39, 0.29) is 11.9 Å². The van der Waals surface area contributed by atoms with Crippen LogP contribution in [0.15, 0.2) is 47.2 Å². The molecule has 27 heavy (non-hydrogen) atoms. The first-order chi connectivity index (χ1) is 13.2. The van der Waals surface area contributed by atoms with Crippen LogP contribution >= 0.6 is 22.7 Å². The van der Waals surface area contributed by atoms with Gasteiger partial charge in [0.25, 0.3) is 5.91 Å². The molecule has 4 nitrogen and oxygen atoms in total. The average Bonchev–Trinajstić information content (AvgIpc) is 3.33. The van der Waals surface area contributed by atoms with E-state index >= 15 is 0 Å². The molecule has 1 amide bonds. The number of methoxy groups -OCH3 is 1. The molecule has 1 aliphatic heterocycles. The molecule has 0 spiro atoms. The minimum Gasteiger partial charge on any atom is -0.495 e. The summed E-state index contributed by atoms with van der Waals surface area (Å²) >= 11 is 3.60. The molecule has 0 radical (unpaired) electrons. The Kier molecular flexibility index (Phi) is 5.29. The van der Waals surface area contributed by atoms with E-state index < -0.39 is 0 Å². The number of anilines is 1. The summed E-state index contributed by atoms with van der Waals surface area (Å²) in [7, 11) is 1.63. The lowest BCUT2D eigenvalue weighted by atomic mass is 9.98. The predicted octanol–water partition coefficient (Wildman–Crippen LogP) is 3.30. The fraction of sp³-hybridized carbons (Fsp3) is 0.286. The maximum atomic E-state index is 12.8. The van der Waals surface area contributed by atoms with Crippen molar-refractivity contribution in [2.45, 2.75) is 19.4 Å². The van der Waals surface area contributed by atoms with Gasteiger partial charge in [-0.1, -0.05) is 12.1 Å². The molecule has 4 rings (SSSR count). The van der Waals surface area contributed by atoms with Crippen LogP contribution in [-0.4, -0.2) is 26.1 Å². The molecule has 1 aliphatic rings. The molecule has 1 unspecified atom stereocenters. The standard InChI is InChI=1S/C21H22N2O2S2/c1-14-5-6-17(25-2)16(12-14)22-20(24)13-23-9-7-18-15(8-11-27-18)21(23)19-4-3-10-26-19/h3-6,8,10-12,21H,7,9,13H2,1-2H3,(H,22,24)/p+1/t21-/m1/s1. The van der Waals surface area contributed by atoms with Gasteiger partial charge in [-0.25, -0.2) is 0 Å². The summed E-state index contributed by atoms with van der Waals surface area (Å²) < 4.78 is 5.39. The number of ether oxygens (including phenoxy) is 1. The van der Waals surface area contributed by atoms with Crippen molar-refractivity contribution in [1.29, 1.82) is 0 Å². The number of carbonyl (C=O) groups excluding carboxylic acids is 1. The molecule has 2 N–H and O–H groups in total. The van der Waals surface area contributed by atoms with Crippen LogP contribution < -0.4 is 15.0 Å². The van der Waals surface area contributed by atoms with Gasteiger partial charge in [0, 0.05) is 16.9 Å². The number of hydrogen-bond donors (Lipinski definition) is 2. The molecule has 2 atom stereocenters. The SMILES string of the molecule is COc1ccc(C)cc1NC(=O)C[NH+]1CCc2sccc2[C@@H]1c1cccs1. The molecule has 0 fully saturated rings. The van der Waals surface area contributed by atoms with Crippen molar-refractivity contribution in [3.63, 3.8) is 0 Å². The second-order valence-electron chi connectivity index (χ2n) is 6.83. The van der Waals surface area contributed by atoms with Crippen molar-refractivity contribution in [3.05, 3.63) is 68.0 Å². The number of thiophene rings is 2. The quantitative estimate of drug-likeness (QED) is 0.691. The van der Waals surface area contributed by atoms with Crippen molar-refractivity contribution < 1.29 is 14.4 Å². The van der Waals surface area contributed by atoms with E-state index in [0.717, 1.165) is 24.2 Å². The zero-order chi connectivity index (χ0) is 18.8. The highest BCUT2D eigenvalue weighted by Crippen LogP contribution is 2.31. The third-order valence-electron chi connectivity index (χ3n) is 5.02. The van der Waals surface area contributed by atoms with E-state index in [1.165, 1.54) is 20.2 Å². The van der Waals surface area contributed by atoms with E-state index in [4.69, 9.17) is 4.74 Å². The molecule has 1 aromatic carbocycles. The summed E-state index contributed by atoms with van der Waals surface area (Å²) in [5, 5.41) is 7.34. The fourth-order valence-corrected chi connectivity index (χ4v) is 5.59. The number of rotatable bonds is 5. The molecule has 0 saturated carbocycles. The smallest absolute Gasteiger partial charge is 0.279 e. The van der Waals surface area contributed by atoms with Gasteiger partial charge < -0.3 is 15.0 Å². The van der Waals surface area contributed by atoms with Crippen molar-refractivity contribution in [1.82, 2.24) is 0 Å². The summed E-state index contributed by atoms with van der Waals surface area (Å²) in [4.78, 5) is 16.9. The maximum absolute atomic E-state index is 12.8. The van der Waals surface area contributed by atoms with Crippen LogP contribution in [0.25, 0.3) is 0 Å². The van der Waals surface area contributed by atoms with Gasteiger partial charge in [-0.05, 0) is 47.5 Å². The number of fused-ring (bicyclic) bond motifs is 1. The molecule has 0 saturated heterocycles. The minimum atomic E-state index is 0.0223. The lowest BCUT2D eigenvalue weighted by molar-refractivity contribution is -0.919. The van der Waals surface area contributed by atoms with E-state index in [1.54, 1.807) is 18.4 Å². The molecule has 140 valence electrons. The number of carbonyl (C=O) groups is 1. The lowest BCUT2D eigenvalue weighted by Crippen LogP contribution is -3.14. The van der Waals surface area contributed by atoms with Gasteiger partial charge in [0.05, 0.1) is 24.2 Å². The molecule has 3 aromatic rings. The van der Waals surface area contributed by atoms with Crippen LogP contribution in [0.3, 0.4) is 0 Å². The fourth-order valence-electron chi connectivity index (χ4n) is 3.77. The predicted molar refractivity (Wildman–Crippen MR) is 111 cm³/mol. The molecular formula is C21H23N2O2S2+. The van der Waals surface area contributed by atoms with Gasteiger partial charge in [-0.3, -0.25) is 4.79 Å². The first kappa shape index (κ1) is 18.2. The summed E-state index contributed by atoms with van der Waals surface area (Å²) in [5.41, 5.74) is 3.21. The van der Waals surface area contributed by atoms with Crippen LogP contribution in [-0.2, 0) is 11.2 Å². The Morgan fingerprint density at radius 2 is 2.15 bits per heavy atom. The Bertz CT molecular complexity index is 934. The van der Waals surface area contributed by atoms with Crippen molar-refractivity contribution in [2.75, 3.05) is 25.5 Å². The second kappa shape index (κ2) is 7.84. The number of hydrogen-bond acceptors (Lipinski definition) is 4. The largest absolute Gasteiger partial charge is 0.495 e. The monoisotopic (exact) mass is 399 g/mol. The number of amides is 1. The Labute approximate surface area is 167 Å². The Morgan fingerprint density at radius 3 is 2.93 bits per heavy atom. The van der Waals surface area contributed by atoms with Crippen molar-refractivity contribution in [2.24, 2.45) is 0 Å². The lowest BCUT2D eigenvalue weighted by Gasteiger charge is -2.31. The number of nitrogens with one attached hydrogen (secondary N) is 2. The van der Waals surface area contributed by atoms with Gasteiger partial charge in [-0.15, -0.1) is 22.7 Å². The third-order valence-corrected chi connectivity index (χ3v) is 6.95. The topological polar surface area (TPSA) is 42.8 Å². The maximum Gasteiger partial charge on any atom is 0.279 e. The number of quaternary nitrogens is 1. The zero-order valence-corrected chi connectivity index (χ0v) is 17.1. The molecule has 0 aliphatic carbocycles. The highest BCUT2D eigenvalue weighted by atomic mass is 32.1. The Balaban J connectivity index is 1.55. The first-order valence-electron chi connectivity index (χ1n) is 9.04. The molecule has 2 aromatic heterocycles. The van der Waals surface area contributed by atoms with E-state index in [0.29, 0.717) is 12.3 Å². The third kappa shape index (κ3) is 3.78. The van der Waals surface area contributed by atoms with Crippen LogP contribution in [0.2, 0.25) is 0 Å². The Hall–Kier alpha value is -2.15. The summed E-state index contributed by atoms with van der Waals surface area (Å²) in [6, 6.07) is 12.6. The first-order valence-corrected chi connectivity index (χ1v) is 10.8. The van der Waals surface area contributed by atoms with Crippen LogP contribution in [0.4, 0.5) is 5.69 Å². The summed E-state index contributed by atoms with van der Waals surface area (Å²) in [5.74, 6) is 0.714. The normalized spacial score (nSPS) is 18.7. The molecule has 6 heteroatoms. The molecule has 0 bridgehead atoms. The Morgan fingerprint density at radius 1 is 1.26 bits per heavy atom. The van der Waals surface area contributed by atoms with Gasteiger partial charge >= 0.3 is 0 Å². The second-order valence-corrected chi connectivity index (χ2v) is 8.81. The van der Waals surface area contributed by atoms with Gasteiger partial charge in [-0.2, -0.15) is 0 Å². The zero-order valence-electron chi connectivity index (χ0n) is 15.5. The minimum absolute atomic E-state index is 0.0223. The van der Waals surface area contributed by atoms with E-state index in [9.17, 15) is 4.79 Å². The van der Waals surface area contributed by atoms with Gasteiger partial charge in [0.1, 0.15) is 11.8 Å². The number of benzene rings is 1. The van der Waals surface area contributed by atoms with Gasteiger partial charge in [0.15, 0.2) is 6.54 Å². The van der Waals surface area contributed by atoms with Crippen LogP contribution in [0, 0.1) is 6.92 Å². The van der Waals surface area contributed by atoms with Crippen molar-refractivity contribution >= 4 is 34.3 Å². The summed E-state index contributed by atoms with van der Waals surface area (Å²) in [6.07, 6.45) is 1.03. The highest BCUT2D eigenvalue weighted by molar-refractivity contribution is 7.10. The average molecular weight is 400 g/mol.